The van der Waals surface area contributed by atoms with Crippen LogP contribution in [0.1, 0.15) is 19.3 Å². The molecule has 0 unspecified atom stereocenters. The van der Waals surface area contributed by atoms with E-state index in [2.05, 4.69) is 10.7 Å². The number of anilines is 1. The van der Waals surface area contributed by atoms with Crippen molar-refractivity contribution < 1.29 is 14.7 Å². The Balaban J connectivity index is 0.000000593. The highest BCUT2D eigenvalue weighted by atomic mass is 16.7. The highest BCUT2D eigenvalue weighted by molar-refractivity contribution is 5.60. The number of nitrogens with zero attached hydrogens (tertiary/aromatic N) is 3. The summed E-state index contributed by atoms with van der Waals surface area (Å²) in [5.41, 5.74) is 5.59. The van der Waals surface area contributed by atoms with Crippen molar-refractivity contribution >= 4 is 11.4 Å². The number of nitrogen functional groups attached to an aromatic ring is 1. The number of hydrazine groups is 1. The van der Waals surface area contributed by atoms with E-state index in [1.54, 1.807) is 6.07 Å². The second-order valence-electron chi connectivity index (χ2n) is 5.01. The molecule has 2 rings (SSSR count). The van der Waals surface area contributed by atoms with E-state index in [0.29, 0.717) is 12.4 Å². The first-order chi connectivity index (χ1) is 10.9. The molecule has 0 spiro atoms. The lowest BCUT2D eigenvalue weighted by molar-refractivity contribution is -0.491. The summed E-state index contributed by atoms with van der Waals surface area (Å²) >= 11 is 0. The SMILES string of the molecule is N[N+](=O)[O-].Nc1ccc(OCCCN2CCCC2)cc1[N+](=O)[O-]. The third-order valence-corrected chi connectivity index (χ3v) is 3.28. The number of nitrogens with two attached hydrogens (primary N) is 2. The van der Waals surface area contributed by atoms with Gasteiger partial charge in [-0.15, -0.1) is 0 Å². The largest absolute Gasteiger partial charge is 0.493 e. The molecule has 4 N–H and O–H groups in total. The summed E-state index contributed by atoms with van der Waals surface area (Å²) in [6.07, 6.45) is 3.49. The highest BCUT2D eigenvalue weighted by Crippen LogP contribution is 2.26. The molecule has 1 aliphatic rings. The molecule has 0 aromatic heterocycles. The maximum Gasteiger partial charge on any atom is 0.295 e. The van der Waals surface area contributed by atoms with Gasteiger partial charge >= 0.3 is 0 Å². The van der Waals surface area contributed by atoms with E-state index in [1.807, 2.05) is 0 Å². The zero-order chi connectivity index (χ0) is 17.2. The van der Waals surface area contributed by atoms with E-state index in [9.17, 15) is 10.1 Å². The fraction of sp³-hybridized carbons (Fsp3) is 0.538. The number of benzene rings is 1. The lowest BCUT2D eigenvalue weighted by atomic mass is 10.2. The van der Waals surface area contributed by atoms with Gasteiger partial charge < -0.3 is 15.4 Å². The predicted molar refractivity (Wildman–Crippen MR) is 84.5 cm³/mol. The number of ether oxygens (including phenoxy) is 1. The maximum absolute atomic E-state index is 10.7. The Morgan fingerprint density at radius 1 is 1.22 bits per heavy atom. The number of rotatable bonds is 6. The zero-order valence-electron chi connectivity index (χ0n) is 12.7. The van der Waals surface area contributed by atoms with Crippen LogP contribution in [-0.2, 0) is 0 Å². The molecule has 23 heavy (non-hydrogen) atoms. The van der Waals surface area contributed by atoms with Crippen LogP contribution in [0, 0.1) is 20.2 Å². The van der Waals surface area contributed by atoms with Crippen molar-refractivity contribution in [3.8, 4) is 5.75 Å². The van der Waals surface area contributed by atoms with Gasteiger partial charge in [0, 0.05) is 6.54 Å². The highest BCUT2D eigenvalue weighted by Gasteiger charge is 2.13. The Kier molecular flexibility index (Phi) is 7.54. The topological polar surface area (TPSA) is 151 Å². The molecule has 0 bridgehead atoms. The Morgan fingerprint density at radius 3 is 2.39 bits per heavy atom. The van der Waals surface area contributed by atoms with Crippen molar-refractivity contribution in [3.63, 3.8) is 0 Å². The summed E-state index contributed by atoms with van der Waals surface area (Å²) in [4.78, 5) is 21.2. The molecule has 1 fully saturated rings. The summed E-state index contributed by atoms with van der Waals surface area (Å²) in [5.74, 6) is 4.34. The summed E-state index contributed by atoms with van der Waals surface area (Å²) < 4.78 is 5.52. The second kappa shape index (κ2) is 9.41. The molecule has 0 amide bonds. The van der Waals surface area contributed by atoms with Crippen LogP contribution in [0.15, 0.2) is 18.2 Å². The van der Waals surface area contributed by atoms with Crippen LogP contribution in [0.4, 0.5) is 11.4 Å². The number of likely N-dealkylation sites (tertiary alicyclic amines) is 1. The van der Waals surface area contributed by atoms with Gasteiger partial charge in [0.25, 0.3) is 5.69 Å². The smallest absolute Gasteiger partial charge is 0.295 e. The number of nitro groups is 2. The van der Waals surface area contributed by atoms with Gasteiger partial charge in [-0.25, -0.2) is 10.1 Å². The molecule has 1 aromatic rings. The van der Waals surface area contributed by atoms with Crippen LogP contribution >= 0.6 is 0 Å². The first kappa shape index (κ1) is 18.4. The molecule has 10 heteroatoms. The van der Waals surface area contributed by atoms with Crippen LogP contribution in [0.3, 0.4) is 0 Å². The summed E-state index contributed by atoms with van der Waals surface area (Å²) in [7, 11) is 0. The summed E-state index contributed by atoms with van der Waals surface area (Å²) in [6, 6.07) is 4.55. The number of nitro benzene ring substituents is 1. The molecule has 0 atom stereocenters. The van der Waals surface area contributed by atoms with Crippen LogP contribution in [-0.4, -0.2) is 41.1 Å². The predicted octanol–water partition coefficient (Wildman–Crippen LogP) is 1.18. The Morgan fingerprint density at radius 2 is 1.83 bits per heavy atom. The van der Waals surface area contributed by atoms with E-state index in [0.717, 1.165) is 13.0 Å². The molecule has 10 nitrogen and oxygen atoms in total. The van der Waals surface area contributed by atoms with E-state index in [1.165, 1.54) is 38.1 Å². The standard InChI is InChI=1S/C13H19N3O3.H2N2O2/c14-12-5-4-11(10-13(12)16(17)18)19-9-3-8-15-6-1-2-7-15;1-2(3)4/h4-5,10H,1-3,6-9,14H2;1H2. The minimum absolute atomic E-state index is 0.1000. The van der Waals surface area contributed by atoms with Gasteiger partial charge in [0.05, 0.1) is 17.6 Å². The maximum atomic E-state index is 10.7. The quantitative estimate of drug-likeness (QED) is 0.260. The molecule has 1 saturated heterocycles. The minimum atomic E-state index is -1.00. The van der Waals surface area contributed by atoms with Crippen LogP contribution in [0.25, 0.3) is 0 Å². The molecule has 1 aromatic carbocycles. The lowest BCUT2D eigenvalue weighted by Crippen LogP contribution is -2.21. The molecular weight excluding hydrogens is 306 g/mol. The van der Waals surface area contributed by atoms with Crippen molar-refractivity contribution in [1.82, 2.24) is 4.90 Å². The zero-order valence-corrected chi connectivity index (χ0v) is 12.7. The van der Waals surface area contributed by atoms with E-state index >= 15 is 0 Å². The van der Waals surface area contributed by atoms with Gasteiger partial charge in [0.1, 0.15) is 11.4 Å². The van der Waals surface area contributed by atoms with Gasteiger partial charge in [0.15, 0.2) is 5.03 Å². The molecule has 128 valence electrons. The lowest BCUT2D eigenvalue weighted by Gasteiger charge is -2.14. The van der Waals surface area contributed by atoms with Gasteiger partial charge in [0.2, 0.25) is 0 Å². The van der Waals surface area contributed by atoms with Crippen molar-refractivity contribution in [2.45, 2.75) is 19.3 Å². The van der Waals surface area contributed by atoms with E-state index in [-0.39, 0.29) is 11.4 Å². The first-order valence-electron chi connectivity index (χ1n) is 7.18. The molecule has 1 aliphatic heterocycles. The minimum Gasteiger partial charge on any atom is -0.493 e. The second-order valence-corrected chi connectivity index (χ2v) is 5.01. The molecular formula is C13H21N5O5. The molecule has 0 saturated carbocycles. The van der Waals surface area contributed by atoms with Crippen molar-refractivity contribution in [2.24, 2.45) is 5.84 Å². The van der Waals surface area contributed by atoms with Gasteiger partial charge in [-0.05, 0) is 44.5 Å². The Hall–Kier alpha value is -2.62. The fourth-order valence-corrected chi connectivity index (χ4v) is 2.26. The van der Waals surface area contributed by atoms with Gasteiger partial charge in [-0.3, -0.25) is 10.1 Å². The Bertz CT molecular complexity index is 529. The summed E-state index contributed by atoms with van der Waals surface area (Å²) in [6.45, 7) is 3.94. The van der Waals surface area contributed by atoms with Crippen LogP contribution in [0.5, 0.6) is 5.75 Å². The van der Waals surface area contributed by atoms with Gasteiger partial charge in [-0.2, -0.15) is 5.84 Å². The van der Waals surface area contributed by atoms with Crippen molar-refractivity contribution in [3.05, 3.63) is 38.4 Å². The van der Waals surface area contributed by atoms with Crippen molar-refractivity contribution in [1.29, 1.82) is 0 Å². The molecule has 0 aliphatic carbocycles. The van der Waals surface area contributed by atoms with Crippen LogP contribution in [0.2, 0.25) is 0 Å². The van der Waals surface area contributed by atoms with Crippen molar-refractivity contribution in [2.75, 3.05) is 32.0 Å². The first-order valence-corrected chi connectivity index (χ1v) is 7.18. The Labute approximate surface area is 133 Å². The molecule has 0 radical (unpaired) electrons. The summed E-state index contributed by atoms with van der Waals surface area (Å²) in [5, 5.41) is 18.3. The van der Waals surface area contributed by atoms with Gasteiger partial charge in [-0.1, -0.05) is 0 Å². The average Bonchev–Trinajstić information content (AvgIpc) is 2.97. The normalized spacial score (nSPS) is 13.9. The average molecular weight is 327 g/mol. The van der Waals surface area contributed by atoms with E-state index < -0.39 is 9.96 Å². The monoisotopic (exact) mass is 327 g/mol. The number of hydrogen-bond acceptors (Lipinski definition) is 7. The molecule has 1 heterocycles. The third kappa shape index (κ3) is 7.27. The number of hydrogen-bond donors (Lipinski definition) is 2. The third-order valence-electron chi connectivity index (χ3n) is 3.28. The fourth-order valence-electron chi connectivity index (χ4n) is 2.26. The van der Waals surface area contributed by atoms with Crippen LogP contribution < -0.4 is 16.3 Å². The van der Waals surface area contributed by atoms with E-state index in [4.69, 9.17) is 20.6 Å².